The van der Waals surface area contributed by atoms with Crippen molar-refractivity contribution < 1.29 is 54.1 Å². The molecule has 29 atom stereocenters. The Bertz CT molecular complexity index is 2280. The van der Waals surface area contributed by atoms with E-state index in [9.17, 15) is 25.2 Å². The van der Waals surface area contributed by atoms with Crippen LogP contribution in [0.15, 0.2) is 0 Å². The van der Waals surface area contributed by atoms with Crippen molar-refractivity contribution in [1.82, 2.24) is 0 Å². The summed E-state index contributed by atoms with van der Waals surface area (Å²) in [7, 11) is 0. The fraction of sp³-hybridized carbons (Fsp3) is 0.970. The van der Waals surface area contributed by atoms with Crippen LogP contribution < -0.4 is 17.2 Å². The van der Waals surface area contributed by atoms with E-state index in [-0.39, 0.29) is 96.4 Å². The average Bonchev–Trinajstić information content (AvgIpc) is 2.31. The van der Waals surface area contributed by atoms with Gasteiger partial charge in [0, 0.05) is 36.9 Å². The molecule has 0 bridgehead atoms. The molecular formula is C67H117N3O11. The molecule has 14 aliphatic rings. The zero-order chi connectivity index (χ0) is 57.1. The van der Waals surface area contributed by atoms with Crippen molar-refractivity contribution in [3.05, 3.63) is 0 Å². The van der Waals surface area contributed by atoms with Crippen molar-refractivity contribution in [1.29, 1.82) is 0 Å². The molecule has 0 radical (unpaired) electrons. The summed E-state index contributed by atoms with van der Waals surface area (Å²) in [5.74, 6) is 4.03. The number of hydrogen-bond donors (Lipinski definition) is 8. The average molecular weight is 1140 g/mol. The fourth-order valence-corrected chi connectivity index (χ4v) is 23.4. The SMILES string of the molecule is C.C.CC(=O)O.CC1(C)O[C@@H]2C3C(CC[C@@]4(C)C3CC[C@@H]4O)[C@@]3(C)CC[C@@H](N)CC3[C@H]2O1.CC1(C)O[C@@H]2C3C(CC[C@]4(C)C(=O)CCC34)[C@@]3(C)CC[C@@H](N)CC3[C@H]2O1.C[C@]12CC[C@@H](N)CC1[C@@H](O)[C@H](O)C1C2CC[C@@]2(C)C1CC[C@@H]2O. The number of ether oxygens (including phenoxy) is 4. The van der Waals surface area contributed by atoms with Crippen molar-refractivity contribution in [2.24, 2.45) is 121 Å². The van der Waals surface area contributed by atoms with Gasteiger partial charge in [-0.3, -0.25) is 9.59 Å². The summed E-state index contributed by atoms with van der Waals surface area (Å²) in [4.78, 5) is 21.7. The van der Waals surface area contributed by atoms with Crippen molar-refractivity contribution >= 4 is 11.8 Å². The Balaban J connectivity index is 0.000000140. The molecule has 2 saturated heterocycles. The summed E-state index contributed by atoms with van der Waals surface area (Å²) >= 11 is 0. The van der Waals surface area contributed by atoms with Gasteiger partial charge in [0.05, 0.1) is 48.8 Å². The van der Waals surface area contributed by atoms with Gasteiger partial charge in [-0.05, 0) is 254 Å². The molecule has 11 N–H and O–H groups in total. The summed E-state index contributed by atoms with van der Waals surface area (Å²) in [5.41, 5.74) is 19.5. The lowest BCUT2D eigenvalue weighted by Gasteiger charge is -2.63. The van der Waals surface area contributed by atoms with Crippen LogP contribution in [0.4, 0.5) is 0 Å². The number of carboxylic acids is 1. The van der Waals surface area contributed by atoms with Crippen LogP contribution in [0.1, 0.15) is 226 Å². The minimum Gasteiger partial charge on any atom is -0.481 e. The molecule has 12 unspecified atom stereocenters. The second kappa shape index (κ2) is 22.1. The molecule has 2 aliphatic heterocycles. The number of carbonyl (C=O) groups is 2. The van der Waals surface area contributed by atoms with E-state index in [1.165, 1.54) is 25.7 Å². The molecule has 81 heavy (non-hydrogen) atoms. The predicted molar refractivity (Wildman–Crippen MR) is 315 cm³/mol. The van der Waals surface area contributed by atoms with Gasteiger partial charge in [-0.1, -0.05) is 56.4 Å². The summed E-state index contributed by atoms with van der Waals surface area (Å²) in [6.07, 6.45) is 21.1. The molecular weight excluding hydrogens is 1020 g/mol. The molecule has 14 nitrogen and oxygen atoms in total. The number of carbonyl (C=O) groups excluding carboxylic acids is 1. The van der Waals surface area contributed by atoms with Gasteiger partial charge in [-0.15, -0.1) is 0 Å². The number of fused-ring (bicyclic) bond motifs is 21. The summed E-state index contributed by atoms with van der Waals surface area (Å²) in [6.45, 7) is 23.5. The van der Waals surface area contributed by atoms with E-state index in [1.807, 2.05) is 0 Å². The molecule has 0 amide bonds. The molecule has 14 heteroatoms. The van der Waals surface area contributed by atoms with E-state index in [0.717, 1.165) is 116 Å². The second-order valence-corrected chi connectivity index (χ2v) is 32.1. The molecule has 12 saturated carbocycles. The smallest absolute Gasteiger partial charge is 0.300 e. The Morgan fingerprint density at radius 3 is 1.20 bits per heavy atom. The van der Waals surface area contributed by atoms with E-state index in [4.69, 9.17) is 46.0 Å². The molecule has 14 rings (SSSR count). The van der Waals surface area contributed by atoms with Crippen LogP contribution in [0.2, 0.25) is 0 Å². The topological polar surface area (TPSA) is 250 Å². The number of carboxylic acid groups (broad SMARTS) is 1. The molecule has 14 fully saturated rings. The fourth-order valence-electron chi connectivity index (χ4n) is 23.4. The van der Waals surface area contributed by atoms with E-state index in [0.29, 0.717) is 82.5 Å². The first-order valence-electron chi connectivity index (χ1n) is 32.3. The van der Waals surface area contributed by atoms with Crippen molar-refractivity contribution in [3.8, 4) is 0 Å². The van der Waals surface area contributed by atoms with Gasteiger partial charge < -0.3 is 61.7 Å². The van der Waals surface area contributed by atoms with E-state index >= 15 is 0 Å². The Morgan fingerprint density at radius 1 is 0.420 bits per heavy atom. The van der Waals surface area contributed by atoms with Crippen LogP contribution in [0.25, 0.3) is 0 Å². The first-order valence-corrected chi connectivity index (χ1v) is 32.3. The molecule has 0 aromatic heterocycles. The maximum absolute atomic E-state index is 12.7. The monoisotopic (exact) mass is 1140 g/mol. The number of rotatable bonds is 0. The number of hydrogen-bond acceptors (Lipinski definition) is 13. The van der Waals surface area contributed by atoms with Gasteiger partial charge in [0.15, 0.2) is 11.6 Å². The number of aliphatic hydroxyl groups excluding tert-OH is 4. The number of aliphatic hydroxyl groups is 4. The quantitative estimate of drug-likeness (QED) is 0.112. The van der Waals surface area contributed by atoms with Crippen LogP contribution in [0.3, 0.4) is 0 Å². The number of Topliss-reactive ketones (excluding diaryl/α,β-unsaturated/α-hetero) is 1. The molecule has 2 heterocycles. The Morgan fingerprint density at radius 2 is 0.753 bits per heavy atom. The van der Waals surface area contributed by atoms with Crippen LogP contribution in [-0.2, 0) is 28.5 Å². The zero-order valence-corrected chi connectivity index (χ0v) is 50.5. The second-order valence-electron chi connectivity index (χ2n) is 32.1. The number of ketones is 1. The zero-order valence-electron chi connectivity index (χ0n) is 50.5. The minimum absolute atomic E-state index is 0. The summed E-state index contributed by atoms with van der Waals surface area (Å²) in [6, 6.07) is 0.757. The highest BCUT2D eigenvalue weighted by molar-refractivity contribution is 5.87. The first kappa shape index (κ1) is 64.2. The standard InChI is InChI=1S/C22H37NO3.C22H35NO3.C19H33NO3.C2H4O2.2CH4/c2*1-20(2)25-18-15-11-12(23)7-9-21(15,3)14-8-10-22(4)13(5-6-16(22)24)17(14)19(18)26-20;1-18-7-5-10(20)9-13(18)16(22)17(23)15-11-3-4-14(21)19(11,2)8-6-12(15)18;1-2(3)4;;/h12-19,24H,5-11,23H2,1-4H3;12-15,17-19H,5-11,23H2,1-4H3;10-17,21-23H,3-9,20H2,1-2H3;1H3,(H,3,4);2*1H4/t12-,13?,14?,15?,16+,17?,18-,19-,21-,22+;12-,13?,14?,15?,17?,18-,19-,21-,22+;10-,11?,12?,13?,14+,15?,16-,17-,18-,19+;;;/m111.../s1. The van der Waals surface area contributed by atoms with Crippen LogP contribution in [-0.4, -0.2) is 116 Å². The van der Waals surface area contributed by atoms with Gasteiger partial charge in [0.2, 0.25) is 0 Å². The Labute approximate surface area is 489 Å². The highest BCUT2D eigenvalue weighted by Gasteiger charge is 2.71. The van der Waals surface area contributed by atoms with Gasteiger partial charge in [-0.2, -0.15) is 0 Å². The van der Waals surface area contributed by atoms with Crippen LogP contribution in [0.5, 0.6) is 0 Å². The molecule has 0 aromatic rings. The molecule has 466 valence electrons. The van der Waals surface area contributed by atoms with Gasteiger partial charge >= 0.3 is 0 Å². The lowest BCUT2D eigenvalue weighted by Crippen LogP contribution is -2.64. The third-order valence-corrected chi connectivity index (χ3v) is 27.6. The Kier molecular flexibility index (Phi) is 17.5. The maximum atomic E-state index is 12.7. The maximum Gasteiger partial charge on any atom is 0.300 e. The Hall–Kier alpha value is -1.30. The van der Waals surface area contributed by atoms with Gasteiger partial charge in [0.1, 0.15) is 5.78 Å². The minimum atomic E-state index is -0.833. The third-order valence-electron chi connectivity index (χ3n) is 27.6. The predicted octanol–water partition coefficient (Wildman–Crippen LogP) is 10.1. The highest BCUT2D eigenvalue weighted by atomic mass is 16.8. The van der Waals surface area contributed by atoms with Gasteiger partial charge in [-0.25, -0.2) is 0 Å². The van der Waals surface area contributed by atoms with Crippen molar-refractivity contribution in [2.75, 3.05) is 0 Å². The third kappa shape index (κ3) is 10.1. The first-order chi connectivity index (χ1) is 36.8. The molecule has 0 spiro atoms. The lowest BCUT2D eigenvalue weighted by atomic mass is 9.43. The lowest BCUT2D eigenvalue weighted by molar-refractivity contribution is -0.217. The number of nitrogens with two attached hydrogens (primary N) is 3. The van der Waals surface area contributed by atoms with Crippen molar-refractivity contribution in [2.45, 2.75) is 304 Å². The van der Waals surface area contributed by atoms with E-state index in [1.54, 1.807) is 0 Å². The van der Waals surface area contributed by atoms with E-state index < -0.39 is 29.8 Å². The summed E-state index contributed by atoms with van der Waals surface area (Å²) in [5, 5.41) is 50.6. The largest absolute Gasteiger partial charge is 0.481 e. The summed E-state index contributed by atoms with van der Waals surface area (Å²) < 4.78 is 26.2. The normalized spacial score (nSPS) is 56.1. The van der Waals surface area contributed by atoms with Gasteiger partial charge in [0.25, 0.3) is 5.97 Å². The molecule has 0 aromatic carbocycles. The molecule has 12 aliphatic carbocycles. The number of aliphatic carboxylic acids is 1. The highest BCUT2D eigenvalue weighted by Crippen LogP contribution is 2.71. The van der Waals surface area contributed by atoms with E-state index in [2.05, 4.69) is 69.2 Å². The van der Waals surface area contributed by atoms with Crippen molar-refractivity contribution in [3.63, 3.8) is 0 Å². The van der Waals surface area contributed by atoms with Crippen LogP contribution >= 0.6 is 0 Å². The van der Waals surface area contributed by atoms with Crippen LogP contribution in [0, 0.1) is 104 Å².